The van der Waals surface area contributed by atoms with Gasteiger partial charge in [-0.1, -0.05) is 13.8 Å². The van der Waals surface area contributed by atoms with E-state index in [-0.39, 0.29) is 22.9 Å². The van der Waals surface area contributed by atoms with Gasteiger partial charge in [0, 0.05) is 35.5 Å². The van der Waals surface area contributed by atoms with Gasteiger partial charge in [-0.15, -0.1) is 0 Å². The summed E-state index contributed by atoms with van der Waals surface area (Å²) in [6.07, 6.45) is 2.57. The lowest BCUT2D eigenvalue weighted by Crippen LogP contribution is -2.42. The van der Waals surface area contributed by atoms with Crippen molar-refractivity contribution in [1.29, 1.82) is 0 Å². The predicted octanol–water partition coefficient (Wildman–Crippen LogP) is 2.92. The molecule has 1 aromatic heterocycles. The number of halogens is 1. The van der Waals surface area contributed by atoms with Crippen LogP contribution in [0.3, 0.4) is 0 Å². The zero-order valence-electron chi connectivity index (χ0n) is 16.3. The van der Waals surface area contributed by atoms with E-state index in [0.29, 0.717) is 35.1 Å². The van der Waals surface area contributed by atoms with Crippen molar-refractivity contribution in [2.75, 3.05) is 18.4 Å². The maximum Gasteiger partial charge on any atom is 0.251 e. The topological polar surface area (TPSA) is 88.5 Å². The number of amides is 1. The number of nitrogens with zero attached hydrogens (tertiary/aromatic N) is 2. The van der Waals surface area contributed by atoms with Gasteiger partial charge in [0.05, 0.1) is 4.90 Å². The molecule has 2 atom stereocenters. The number of anilines is 1. The van der Waals surface area contributed by atoms with Crippen LogP contribution in [0.4, 0.5) is 5.69 Å². The van der Waals surface area contributed by atoms with E-state index in [1.807, 2.05) is 0 Å². The molecule has 156 valence electrons. The van der Waals surface area contributed by atoms with Gasteiger partial charge in [0.1, 0.15) is 6.54 Å². The first-order valence-electron chi connectivity index (χ1n) is 9.41. The molecule has 1 N–H and O–H groups in total. The maximum absolute atomic E-state index is 12.9. The Morgan fingerprint density at radius 1 is 1.10 bits per heavy atom. The zero-order chi connectivity index (χ0) is 21.2. The lowest BCUT2D eigenvalue weighted by molar-refractivity contribution is -0.116. The highest BCUT2D eigenvalue weighted by molar-refractivity contribution is 9.10. The van der Waals surface area contributed by atoms with Gasteiger partial charge in [-0.3, -0.25) is 9.59 Å². The van der Waals surface area contributed by atoms with Crippen molar-refractivity contribution in [3.05, 3.63) is 57.4 Å². The van der Waals surface area contributed by atoms with Gasteiger partial charge in [-0.2, -0.15) is 4.31 Å². The second kappa shape index (κ2) is 8.81. The van der Waals surface area contributed by atoms with Gasteiger partial charge in [0.15, 0.2) is 0 Å². The van der Waals surface area contributed by atoms with Crippen LogP contribution >= 0.6 is 15.9 Å². The molecular weight excluding hydrogens is 458 g/mol. The number of hydrogen-bond donors (Lipinski definition) is 1. The van der Waals surface area contributed by atoms with Gasteiger partial charge in [-0.05, 0) is 64.5 Å². The van der Waals surface area contributed by atoms with Crippen LogP contribution in [0, 0.1) is 11.8 Å². The molecule has 1 aliphatic heterocycles. The summed E-state index contributed by atoms with van der Waals surface area (Å²) in [5.41, 5.74) is 0.187. The fourth-order valence-electron chi connectivity index (χ4n) is 3.64. The van der Waals surface area contributed by atoms with Crippen molar-refractivity contribution in [2.24, 2.45) is 11.8 Å². The molecule has 2 heterocycles. The molecule has 0 unspecified atom stereocenters. The molecule has 0 radical (unpaired) electrons. The molecule has 1 saturated heterocycles. The average Bonchev–Trinajstić information content (AvgIpc) is 2.64. The minimum atomic E-state index is -3.56. The SMILES string of the molecule is C[C@H]1C[C@H](C)CN(S(=O)(=O)c2ccc(NC(=O)Cn3cc(Br)ccc3=O)cc2)C1. The Bertz CT molecular complexity index is 1040. The lowest BCUT2D eigenvalue weighted by Gasteiger charge is -2.34. The van der Waals surface area contributed by atoms with E-state index < -0.39 is 10.0 Å². The van der Waals surface area contributed by atoms with Gasteiger partial charge in [-0.25, -0.2) is 8.42 Å². The third-order valence-corrected chi connectivity index (χ3v) is 7.19. The summed E-state index contributed by atoms with van der Waals surface area (Å²) in [4.78, 5) is 24.2. The molecule has 3 rings (SSSR count). The second-order valence-electron chi connectivity index (χ2n) is 7.65. The van der Waals surface area contributed by atoms with Crippen molar-refractivity contribution in [3.63, 3.8) is 0 Å². The molecule has 1 aromatic carbocycles. The summed E-state index contributed by atoms with van der Waals surface area (Å²) in [6, 6.07) is 9.11. The van der Waals surface area contributed by atoms with E-state index in [0.717, 1.165) is 6.42 Å². The average molecular weight is 482 g/mol. The number of pyridine rings is 1. The summed E-state index contributed by atoms with van der Waals surface area (Å²) in [5.74, 6) is 0.279. The van der Waals surface area contributed by atoms with E-state index in [1.165, 1.54) is 29.0 Å². The largest absolute Gasteiger partial charge is 0.325 e. The normalized spacial score (nSPS) is 20.4. The van der Waals surface area contributed by atoms with Crippen molar-refractivity contribution in [2.45, 2.75) is 31.7 Å². The summed E-state index contributed by atoms with van der Waals surface area (Å²) in [7, 11) is -3.56. The predicted molar refractivity (Wildman–Crippen MR) is 115 cm³/mol. The number of rotatable bonds is 5. The summed E-state index contributed by atoms with van der Waals surface area (Å²) in [5, 5.41) is 2.69. The van der Waals surface area contributed by atoms with Gasteiger partial charge < -0.3 is 9.88 Å². The van der Waals surface area contributed by atoms with Crippen molar-refractivity contribution < 1.29 is 13.2 Å². The van der Waals surface area contributed by atoms with Crippen LogP contribution in [0.2, 0.25) is 0 Å². The van der Waals surface area contributed by atoms with Crippen LogP contribution in [0.1, 0.15) is 20.3 Å². The number of nitrogens with one attached hydrogen (secondary N) is 1. The van der Waals surface area contributed by atoms with E-state index in [4.69, 9.17) is 0 Å². The summed E-state index contributed by atoms with van der Waals surface area (Å²) >= 11 is 3.27. The molecule has 0 spiro atoms. The monoisotopic (exact) mass is 481 g/mol. The number of carbonyl (C=O) groups is 1. The molecule has 1 fully saturated rings. The fourth-order valence-corrected chi connectivity index (χ4v) is 5.70. The Kier molecular flexibility index (Phi) is 6.60. The third-order valence-electron chi connectivity index (χ3n) is 4.87. The van der Waals surface area contributed by atoms with E-state index in [1.54, 1.807) is 22.5 Å². The van der Waals surface area contributed by atoms with Crippen molar-refractivity contribution >= 4 is 37.5 Å². The van der Waals surface area contributed by atoms with Crippen LogP contribution < -0.4 is 10.9 Å². The number of carbonyl (C=O) groups excluding carboxylic acids is 1. The quantitative estimate of drug-likeness (QED) is 0.710. The molecular formula is C20H24BrN3O4S. The first-order chi connectivity index (χ1) is 13.6. The van der Waals surface area contributed by atoms with E-state index in [9.17, 15) is 18.0 Å². The molecule has 0 aliphatic carbocycles. The zero-order valence-corrected chi connectivity index (χ0v) is 18.7. The smallest absolute Gasteiger partial charge is 0.251 e. The van der Waals surface area contributed by atoms with Crippen LogP contribution in [-0.2, 0) is 21.4 Å². The van der Waals surface area contributed by atoms with E-state index in [2.05, 4.69) is 35.1 Å². The van der Waals surface area contributed by atoms with Gasteiger partial charge in [0.2, 0.25) is 15.9 Å². The number of hydrogen-bond acceptors (Lipinski definition) is 4. The third kappa shape index (κ3) is 5.34. The second-order valence-corrected chi connectivity index (χ2v) is 10.5. The molecule has 9 heteroatoms. The highest BCUT2D eigenvalue weighted by Gasteiger charge is 2.31. The molecule has 29 heavy (non-hydrogen) atoms. The maximum atomic E-state index is 12.9. The van der Waals surface area contributed by atoms with Crippen molar-refractivity contribution in [3.8, 4) is 0 Å². The minimum absolute atomic E-state index is 0.137. The number of sulfonamides is 1. The van der Waals surface area contributed by atoms with Gasteiger partial charge in [0.25, 0.3) is 5.56 Å². The Morgan fingerprint density at radius 2 is 1.72 bits per heavy atom. The first-order valence-corrected chi connectivity index (χ1v) is 11.6. The van der Waals surface area contributed by atoms with Crippen LogP contribution in [0.5, 0.6) is 0 Å². The molecule has 7 nitrogen and oxygen atoms in total. The standard InChI is InChI=1S/C20H24BrN3O4S/c1-14-9-15(2)11-24(10-14)29(27,28)18-6-4-17(5-7-18)22-19(25)13-23-12-16(21)3-8-20(23)26/h3-8,12,14-15H,9-11,13H2,1-2H3,(H,22,25)/t14-,15-/m0/s1. The van der Waals surface area contributed by atoms with Crippen LogP contribution in [0.15, 0.2) is 56.8 Å². The highest BCUT2D eigenvalue weighted by atomic mass is 79.9. The van der Waals surface area contributed by atoms with E-state index >= 15 is 0 Å². The Hall–Kier alpha value is -1.97. The number of aromatic nitrogens is 1. The number of benzene rings is 1. The molecule has 1 amide bonds. The first kappa shape index (κ1) is 21.7. The summed E-state index contributed by atoms with van der Waals surface area (Å²) in [6.45, 7) is 5.03. The molecule has 2 aromatic rings. The lowest BCUT2D eigenvalue weighted by atomic mass is 9.94. The van der Waals surface area contributed by atoms with Crippen LogP contribution in [-0.4, -0.2) is 36.3 Å². The molecule has 0 saturated carbocycles. The number of piperidine rings is 1. The Balaban J connectivity index is 1.69. The van der Waals surface area contributed by atoms with Crippen LogP contribution in [0.25, 0.3) is 0 Å². The minimum Gasteiger partial charge on any atom is -0.325 e. The fraction of sp³-hybridized carbons (Fsp3) is 0.400. The summed E-state index contributed by atoms with van der Waals surface area (Å²) < 4.78 is 29.4. The molecule has 1 aliphatic rings. The Morgan fingerprint density at radius 3 is 2.34 bits per heavy atom. The Labute approximate surface area is 178 Å². The van der Waals surface area contributed by atoms with Crippen molar-refractivity contribution in [1.82, 2.24) is 8.87 Å². The highest BCUT2D eigenvalue weighted by Crippen LogP contribution is 2.27. The molecule has 0 bridgehead atoms. The van der Waals surface area contributed by atoms with Gasteiger partial charge >= 0.3 is 0 Å².